The Kier molecular flexibility index (Phi) is 24.0. The molecule has 8 atom stereocenters. The quantitative estimate of drug-likeness (QED) is 0.0181. The van der Waals surface area contributed by atoms with Gasteiger partial charge in [0.2, 0.25) is 47.3 Å². The number of H-pyrrole nitrogens is 6. The van der Waals surface area contributed by atoms with Crippen molar-refractivity contribution in [2.24, 2.45) is 5.73 Å². The van der Waals surface area contributed by atoms with Gasteiger partial charge in [0.1, 0.15) is 42.3 Å². The Morgan fingerprint density at radius 2 is 0.691 bits per heavy atom. The van der Waals surface area contributed by atoms with Crippen LogP contribution in [0.2, 0.25) is 0 Å². The zero-order valence-electron chi connectivity index (χ0n) is 44.0. The molecule has 0 aromatic carbocycles. The fourth-order valence-corrected chi connectivity index (χ4v) is 8.96. The van der Waals surface area contributed by atoms with E-state index in [0.717, 1.165) is 0 Å². The van der Waals surface area contributed by atoms with Gasteiger partial charge < -0.3 is 83.3 Å². The fraction of sp³-hybridized carbons (Fsp3) is 0.438. The summed E-state index contributed by atoms with van der Waals surface area (Å²) in [5, 5.41) is 31.1. The molecule has 0 aliphatic heterocycles. The monoisotopic (exact) mass is 1160 g/mol. The van der Waals surface area contributed by atoms with E-state index < -0.39 is 108 Å². The number of nitrogens with zero attached hydrogens (tertiary/aromatic N) is 6. The van der Waals surface area contributed by atoms with Gasteiger partial charge in [0.05, 0.1) is 50.6 Å². The predicted octanol–water partition coefficient (Wildman–Crippen LogP) is -3.79. The third-order valence-corrected chi connectivity index (χ3v) is 13.6. The standard InChI is InChI=1S/C48H65N21O10S2/c1-80-5-3-32(49)41(71)56-19-40(70)63-33(4-6-81-2)42(72)64-34(7-26-13-50-20-57-26)43(73)65-35(8-27-14-51-21-58-27)44(74)66-36(9-28-15-52-22-59-28)45(75)67-37(10-29-16-53-23-60-29)46(76)68-38(11-30-17-54-24-61-30)47(77)69-39(48(78)79)12-31-18-55-25-62-31/h13-18,20-25,32-39H,3-12,19,49H2,1-2H3,(H,50,57)(H,51,58)(H,52,59)(H,53,60)(H,54,61)(H,55,62)(H,56,71)(H,63,70)(H,64,72)(H,65,73)(H,66,74)(H,67,75)(H,68,76)(H,69,77)(H,78,79)/t32-,33-,34-,35-,36-,37-,38-,39-/m0/s1. The second kappa shape index (κ2) is 31.7. The maximum atomic E-state index is 14.7. The van der Waals surface area contributed by atoms with Crippen LogP contribution in [0.25, 0.3) is 0 Å². The van der Waals surface area contributed by atoms with Crippen molar-refractivity contribution in [1.82, 2.24) is 102 Å². The van der Waals surface area contributed by atoms with Crippen LogP contribution in [-0.2, 0) is 81.7 Å². The first-order valence-electron chi connectivity index (χ1n) is 25.3. The van der Waals surface area contributed by atoms with Crippen LogP contribution in [-0.4, -0.2) is 197 Å². The topological polar surface area (TPSA) is 468 Å². The highest BCUT2D eigenvalue weighted by Gasteiger charge is 2.36. The van der Waals surface area contributed by atoms with Crippen LogP contribution in [0.4, 0.5) is 0 Å². The summed E-state index contributed by atoms with van der Waals surface area (Å²) in [6.45, 7) is -0.467. The SMILES string of the molecule is CSCC[C@H](NC(=O)CNC(=O)[C@@H](N)CCSC)C(=O)N[C@@H](Cc1cnc[nH]1)C(=O)N[C@@H](Cc1cnc[nH]1)C(=O)N[C@@H](Cc1cnc[nH]1)C(=O)N[C@@H](Cc1cnc[nH]1)C(=O)N[C@@H](Cc1cnc[nH]1)C(=O)N[C@@H](Cc1cnc[nH]1)C(=O)O. The minimum atomic E-state index is -1.49. The molecule has 6 aromatic heterocycles. The van der Waals surface area contributed by atoms with Crippen molar-refractivity contribution < 1.29 is 48.3 Å². The summed E-state index contributed by atoms with van der Waals surface area (Å²) in [4.78, 5) is 166. The lowest BCUT2D eigenvalue weighted by molar-refractivity contribution is -0.142. The lowest BCUT2D eigenvalue weighted by Gasteiger charge is -2.27. The molecule has 0 saturated carbocycles. The largest absolute Gasteiger partial charge is 0.480 e. The molecule has 31 nitrogen and oxygen atoms in total. The van der Waals surface area contributed by atoms with Gasteiger partial charge in [0.15, 0.2) is 0 Å². The van der Waals surface area contributed by atoms with Gasteiger partial charge in [-0.05, 0) is 36.9 Å². The normalized spacial score (nSPS) is 14.1. The maximum absolute atomic E-state index is 14.7. The first-order chi connectivity index (χ1) is 39.1. The number of imidazole rings is 6. The first-order valence-corrected chi connectivity index (χ1v) is 28.1. The minimum Gasteiger partial charge on any atom is -0.480 e. The van der Waals surface area contributed by atoms with Crippen LogP contribution in [0, 0.1) is 0 Å². The number of carbonyl (C=O) groups is 9. The van der Waals surface area contributed by atoms with Gasteiger partial charge in [-0.25, -0.2) is 34.7 Å². The maximum Gasteiger partial charge on any atom is 0.326 e. The molecule has 6 heterocycles. The molecular formula is C48H65N21O10S2. The molecule has 0 aliphatic carbocycles. The van der Waals surface area contributed by atoms with E-state index in [1.165, 1.54) is 98.7 Å². The number of carboxylic acids is 1. The summed E-state index contributed by atoms with van der Waals surface area (Å²) >= 11 is 2.92. The highest BCUT2D eigenvalue weighted by atomic mass is 32.2. The lowest BCUT2D eigenvalue weighted by Crippen LogP contribution is -2.61. The highest BCUT2D eigenvalue weighted by Crippen LogP contribution is 2.11. The third-order valence-electron chi connectivity index (χ3n) is 12.3. The number of hydrogen-bond acceptors (Lipinski definition) is 18. The van der Waals surface area contributed by atoms with E-state index in [1.54, 1.807) is 0 Å². The van der Waals surface area contributed by atoms with E-state index in [-0.39, 0.29) is 44.9 Å². The van der Waals surface area contributed by atoms with Crippen molar-refractivity contribution in [1.29, 1.82) is 0 Å². The Balaban J connectivity index is 1.22. The summed E-state index contributed by atoms with van der Waals surface area (Å²) in [7, 11) is 0. The summed E-state index contributed by atoms with van der Waals surface area (Å²) in [6.07, 6.45) is 19.7. The molecule has 81 heavy (non-hydrogen) atoms. The second-order valence-electron chi connectivity index (χ2n) is 18.4. The van der Waals surface area contributed by atoms with E-state index >= 15 is 0 Å². The van der Waals surface area contributed by atoms with Crippen molar-refractivity contribution in [3.8, 4) is 0 Å². The van der Waals surface area contributed by atoms with Crippen LogP contribution in [0.3, 0.4) is 0 Å². The molecule has 0 unspecified atom stereocenters. The number of nitrogens with one attached hydrogen (secondary N) is 14. The number of aromatic nitrogens is 12. The van der Waals surface area contributed by atoms with Gasteiger partial charge in [-0.3, -0.25) is 38.4 Å². The molecule has 434 valence electrons. The molecule has 6 aromatic rings. The second-order valence-corrected chi connectivity index (χ2v) is 20.4. The molecule has 0 spiro atoms. The fourth-order valence-electron chi connectivity index (χ4n) is 8.00. The summed E-state index contributed by atoms with van der Waals surface area (Å²) < 4.78 is 0. The Bertz CT molecular complexity index is 2910. The minimum absolute atomic E-state index is 0.134. The van der Waals surface area contributed by atoms with Crippen molar-refractivity contribution in [2.45, 2.75) is 99.7 Å². The summed E-state index contributed by atoms with van der Waals surface area (Å²) in [5.74, 6) is -6.67. The van der Waals surface area contributed by atoms with E-state index in [4.69, 9.17) is 5.73 Å². The third kappa shape index (κ3) is 20.1. The Morgan fingerprint density at radius 1 is 0.420 bits per heavy atom. The number of thioether (sulfide) groups is 2. The number of aromatic amines is 6. The molecule has 17 N–H and O–H groups in total. The number of carbonyl (C=O) groups excluding carboxylic acids is 8. The average Bonchev–Trinajstić information content (AvgIpc) is 4.32. The molecule has 33 heteroatoms. The van der Waals surface area contributed by atoms with Crippen molar-refractivity contribution >= 4 is 76.8 Å². The first kappa shape index (κ1) is 61.4. The number of rotatable bonds is 35. The van der Waals surface area contributed by atoms with Crippen molar-refractivity contribution in [2.75, 3.05) is 30.6 Å². The van der Waals surface area contributed by atoms with E-state index in [1.807, 2.05) is 12.5 Å². The van der Waals surface area contributed by atoms with Crippen LogP contribution in [0.1, 0.15) is 47.0 Å². The Morgan fingerprint density at radius 3 is 0.963 bits per heavy atom. The van der Waals surface area contributed by atoms with Gasteiger partial charge >= 0.3 is 5.97 Å². The number of amides is 8. The molecule has 0 bridgehead atoms. The van der Waals surface area contributed by atoms with E-state index in [9.17, 15) is 48.3 Å². The highest BCUT2D eigenvalue weighted by molar-refractivity contribution is 7.98. The zero-order valence-corrected chi connectivity index (χ0v) is 45.7. The van der Waals surface area contributed by atoms with Crippen LogP contribution in [0.15, 0.2) is 75.1 Å². The molecule has 8 amide bonds. The van der Waals surface area contributed by atoms with Gasteiger partial charge in [-0.2, -0.15) is 23.5 Å². The molecule has 0 fully saturated rings. The van der Waals surface area contributed by atoms with Crippen LogP contribution in [0.5, 0.6) is 0 Å². The number of nitrogens with two attached hydrogens (primary N) is 1. The van der Waals surface area contributed by atoms with Gasteiger partial charge in [-0.15, -0.1) is 0 Å². The number of aliphatic carboxylic acids is 1. The molecule has 0 saturated heterocycles. The molecular weight excluding hydrogens is 1090 g/mol. The van der Waals surface area contributed by atoms with Crippen LogP contribution >= 0.6 is 23.5 Å². The van der Waals surface area contributed by atoms with Gasteiger partial charge in [-0.1, -0.05) is 0 Å². The van der Waals surface area contributed by atoms with E-state index in [0.29, 0.717) is 52.1 Å². The Hall–Kier alpha value is -8.85. The van der Waals surface area contributed by atoms with Gasteiger partial charge in [0.25, 0.3) is 0 Å². The smallest absolute Gasteiger partial charge is 0.326 e. The predicted molar refractivity (Wildman–Crippen MR) is 292 cm³/mol. The molecule has 0 aliphatic rings. The average molecular weight is 1160 g/mol. The van der Waals surface area contributed by atoms with E-state index in [2.05, 4.69) is 102 Å². The molecule has 0 radical (unpaired) electrons. The number of hydrogen-bond donors (Lipinski definition) is 16. The van der Waals surface area contributed by atoms with Crippen molar-refractivity contribution in [3.05, 3.63) is 109 Å². The lowest BCUT2D eigenvalue weighted by atomic mass is 10.0. The van der Waals surface area contributed by atoms with Gasteiger partial charge in [0, 0.05) is 110 Å². The van der Waals surface area contributed by atoms with Crippen molar-refractivity contribution in [3.63, 3.8) is 0 Å². The molecule has 6 rings (SSSR count). The zero-order chi connectivity index (χ0) is 58.1. The summed E-state index contributed by atoms with van der Waals surface area (Å²) in [6, 6.07) is -10.7. The summed E-state index contributed by atoms with van der Waals surface area (Å²) in [5.41, 5.74) is 8.34. The number of carboxylic acid groups (broad SMARTS) is 1. The van der Waals surface area contributed by atoms with Crippen LogP contribution < -0.4 is 48.3 Å². The Labute approximate surface area is 470 Å².